The first kappa shape index (κ1) is 17.3. The van der Waals surface area contributed by atoms with Gasteiger partial charge in [-0.05, 0) is 29.7 Å². The quantitative estimate of drug-likeness (QED) is 0.250. The third-order valence-corrected chi connectivity index (χ3v) is 4.88. The van der Waals surface area contributed by atoms with Gasteiger partial charge in [-0.3, -0.25) is 15.1 Å². The van der Waals surface area contributed by atoms with Crippen LogP contribution in [0.25, 0.3) is 33.3 Å². The zero-order valence-electron chi connectivity index (χ0n) is 14.2. The number of nitro groups is 1. The molecule has 0 spiro atoms. The molecular formula is C21H14BrN3O2. The number of hydrogen-bond acceptors (Lipinski definition) is 3. The van der Waals surface area contributed by atoms with E-state index in [4.69, 9.17) is 0 Å². The van der Waals surface area contributed by atoms with Gasteiger partial charge < -0.3 is 17.0 Å². The Morgan fingerprint density at radius 2 is 1.70 bits per heavy atom. The van der Waals surface area contributed by atoms with E-state index in [0.29, 0.717) is 6.54 Å². The van der Waals surface area contributed by atoms with Gasteiger partial charge in [0.2, 0.25) is 5.69 Å². The molecule has 4 aromatic rings. The summed E-state index contributed by atoms with van der Waals surface area (Å²) in [5.74, 6) is 0. The van der Waals surface area contributed by atoms with Crippen LogP contribution in [0.3, 0.4) is 0 Å². The smallest absolute Gasteiger partial charge is 0.269 e. The molecule has 27 heavy (non-hydrogen) atoms. The minimum atomic E-state index is -0.374. The van der Waals surface area contributed by atoms with Gasteiger partial charge in [-0.2, -0.15) is 4.57 Å². The maximum atomic E-state index is 10.9. The summed E-state index contributed by atoms with van der Waals surface area (Å²) in [6.07, 6.45) is 3.93. The summed E-state index contributed by atoms with van der Waals surface area (Å²) >= 11 is 0. The molecule has 1 aliphatic rings. The molecule has 0 fully saturated rings. The minimum Gasteiger partial charge on any atom is -1.00 e. The fraction of sp³-hybridized carbons (Fsp3) is 0.0476. The molecule has 2 aromatic carbocycles. The highest BCUT2D eigenvalue weighted by molar-refractivity contribution is 6.11. The van der Waals surface area contributed by atoms with E-state index in [-0.39, 0.29) is 27.6 Å². The Balaban J connectivity index is 0.00000180. The van der Waals surface area contributed by atoms with Gasteiger partial charge >= 0.3 is 0 Å². The molecule has 0 bridgehead atoms. The molecule has 0 unspecified atom stereocenters. The van der Waals surface area contributed by atoms with Crippen molar-refractivity contribution in [2.75, 3.05) is 0 Å². The summed E-state index contributed by atoms with van der Waals surface area (Å²) in [6.45, 7) is 0.645. The summed E-state index contributed by atoms with van der Waals surface area (Å²) in [6, 6.07) is 19.2. The molecule has 0 atom stereocenters. The van der Waals surface area contributed by atoms with Crippen LogP contribution in [0.4, 0.5) is 5.69 Å². The fourth-order valence-electron chi connectivity index (χ4n) is 3.69. The number of nitro benzene ring substituents is 1. The van der Waals surface area contributed by atoms with E-state index in [9.17, 15) is 10.1 Å². The highest BCUT2D eigenvalue weighted by Crippen LogP contribution is 2.43. The molecule has 2 aromatic heterocycles. The van der Waals surface area contributed by atoms with Crippen LogP contribution in [0.1, 0.15) is 5.56 Å². The minimum absolute atomic E-state index is 0. The maximum absolute atomic E-state index is 10.9. The second kappa shape index (κ2) is 6.55. The third kappa shape index (κ3) is 2.69. The number of nitrogens with zero attached hydrogens (tertiary/aromatic N) is 3. The number of pyridine rings is 2. The molecule has 0 saturated carbocycles. The van der Waals surface area contributed by atoms with Crippen LogP contribution in [-0.2, 0) is 6.54 Å². The zero-order valence-corrected chi connectivity index (χ0v) is 15.8. The first-order valence-corrected chi connectivity index (χ1v) is 8.36. The van der Waals surface area contributed by atoms with Gasteiger partial charge in [-0.1, -0.05) is 18.2 Å². The number of benzene rings is 2. The van der Waals surface area contributed by atoms with E-state index >= 15 is 0 Å². The second-order valence-corrected chi connectivity index (χ2v) is 6.39. The summed E-state index contributed by atoms with van der Waals surface area (Å²) in [4.78, 5) is 15.1. The highest BCUT2D eigenvalue weighted by Gasteiger charge is 2.30. The standard InChI is InChI=1S/C21H14N3O2.BrH/c25-24(26)16-7-5-14(6-8-16)13-23-12-10-15-9-11-22-20-17-3-1-2-4-18(17)21(23)19(15)20;/h1-12H,13H2;1H/q+1;/p-1. The van der Waals surface area contributed by atoms with Crippen molar-refractivity contribution in [2.24, 2.45) is 0 Å². The number of hydrogen-bond donors (Lipinski definition) is 0. The van der Waals surface area contributed by atoms with Gasteiger partial charge in [-0.15, -0.1) is 0 Å². The first-order chi connectivity index (χ1) is 12.7. The normalized spacial score (nSPS) is 11.1. The molecular weight excluding hydrogens is 406 g/mol. The molecule has 0 amide bonds. The number of aromatic nitrogens is 2. The first-order valence-electron chi connectivity index (χ1n) is 8.36. The predicted octanol–water partition coefficient (Wildman–Crippen LogP) is 1.13. The van der Waals surface area contributed by atoms with Crippen LogP contribution >= 0.6 is 0 Å². The van der Waals surface area contributed by atoms with Gasteiger partial charge in [0.05, 0.1) is 21.6 Å². The van der Waals surface area contributed by atoms with Crippen LogP contribution in [0.15, 0.2) is 73.1 Å². The van der Waals surface area contributed by atoms with Gasteiger partial charge in [0.25, 0.3) is 5.69 Å². The Hall–Kier alpha value is -3.12. The topological polar surface area (TPSA) is 59.9 Å². The van der Waals surface area contributed by atoms with Gasteiger partial charge in [0, 0.05) is 35.5 Å². The molecule has 6 heteroatoms. The van der Waals surface area contributed by atoms with Crippen molar-refractivity contribution < 1.29 is 26.5 Å². The van der Waals surface area contributed by atoms with Crippen molar-refractivity contribution >= 4 is 16.5 Å². The Morgan fingerprint density at radius 1 is 0.963 bits per heavy atom. The predicted molar refractivity (Wildman–Crippen MR) is 98.6 cm³/mol. The highest BCUT2D eigenvalue weighted by atomic mass is 79.9. The molecule has 0 N–H and O–H groups in total. The van der Waals surface area contributed by atoms with Gasteiger partial charge in [-0.25, -0.2) is 0 Å². The lowest BCUT2D eigenvalue weighted by molar-refractivity contribution is -0.676. The summed E-state index contributed by atoms with van der Waals surface area (Å²) < 4.78 is 2.19. The largest absolute Gasteiger partial charge is 1.00 e. The maximum Gasteiger partial charge on any atom is 0.269 e. The van der Waals surface area contributed by atoms with E-state index in [1.807, 2.05) is 36.5 Å². The van der Waals surface area contributed by atoms with Gasteiger partial charge in [0.1, 0.15) is 0 Å². The van der Waals surface area contributed by atoms with E-state index in [1.54, 1.807) is 12.1 Å². The second-order valence-electron chi connectivity index (χ2n) is 6.39. The van der Waals surface area contributed by atoms with Crippen molar-refractivity contribution in [2.45, 2.75) is 6.54 Å². The summed E-state index contributed by atoms with van der Waals surface area (Å²) in [5.41, 5.74) is 5.63. The molecule has 0 aliphatic heterocycles. The Bertz CT molecular complexity index is 1190. The average molecular weight is 420 g/mol. The zero-order chi connectivity index (χ0) is 17.7. The SMILES string of the molecule is O=[N+]([O-])c1ccc(C[n+]2ccc3ccnc4c3c2-c2ccccc2-4)cc1.[Br-]. The van der Waals surface area contributed by atoms with E-state index in [1.165, 1.54) is 10.9 Å². The molecule has 5 rings (SSSR count). The Morgan fingerprint density at radius 3 is 2.44 bits per heavy atom. The van der Waals surface area contributed by atoms with E-state index in [2.05, 4.69) is 33.9 Å². The number of non-ortho nitro benzene ring substituents is 1. The van der Waals surface area contributed by atoms with Crippen molar-refractivity contribution in [3.8, 4) is 22.5 Å². The Kier molecular flexibility index (Phi) is 4.20. The Labute approximate surface area is 165 Å². The molecule has 0 saturated heterocycles. The van der Waals surface area contributed by atoms with Crippen LogP contribution < -0.4 is 21.5 Å². The molecule has 2 heterocycles. The van der Waals surface area contributed by atoms with Crippen LogP contribution in [0.2, 0.25) is 0 Å². The molecule has 5 nitrogen and oxygen atoms in total. The van der Waals surface area contributed by atoms with E-state index < -0.39 is 0 Å². The molecule has 0 radical (unpaired) electrons. The van der Waals surface area contributed by atoms with Crippen molar-refractivity contribution in [3.05, 3.63) is 88.7 Å². The van der Waals surface area contributed by atoms with Crippen molar-refractivity contribution in [3.63, 3.8) is 0 Å². The summed E-state index contributed by atoms with van der Waals surface area (Å²) in [5, 5.41) is 13.2. The van der Waals surface area contributed by atoms with Crippen LogP contribution in [0.5, 0.6) is 0 Å². The van der Waals surface area contributed by atoms with Crippen molar-refractivity contribution in [1.82, 2.24) is 4.98 Å². The van der Waals surface area contributed by atoms with Crippen LogP contribution in [0, 0.1) is 10.1 Å². The third-order valence-electron chi connectivity index (χ3n) is 4.88. The molecule has 132 valence electrons. The number of fused-ring (bicyclic) bond motifs is 3. The average Bonchev–Trinajstić information content (AvgIpc) is 3.01. The molecule has 1 aliphatic carbocycles. The summed E-state index contributed by atoms with van der Waals surface area (Å²) in [7, 11) is 0. The monoisotopic (exact) mass is 419 g/mol. The fourth-order valence-corrected chi connectivity index (χ4v) is 3.69. The van der Waals surface area contributed by atoms with Crippen molar-refractivity contribution in [1.29, 1.82) is 0 Å². The van der Waals surface area contributed by atoms with E-state index in [0.717, 1.165) is 27.9 Å². The van der Waals surface area contributed by atoms with Crippen LogP contribution in [-0.4, -0.2) is 9.91 Å². The lowest BCUT2D eigenvalue weighted by Crippen LogP contribution is -3.00. The lowest BCUT2D eigenvalue weighted by atomic mass is 10.1. The lowest BCUT2D eigenvalue weighted by Gasteiger charge is -2.05. The number of rotatable bonds is 3. The number of halogens is 1. The van der Waals surface area contributed by atoms with Gasteiger partial charge in [0.15, 0.2) is 12.7 Å².